The molecule has 1 heterocycles. The van der Waals surface area contributed by atoms with Crippen LogP contribution in [0.1, 0.15) is 33.1 Å². The van der Waals surface area contributed by atoms with E-state index in [1.165, 1.54) is 26.2 Å². The van der Waals surface area contributed by atoms with Gasteiger partial charge in [0.25, 0.3) is 0 Å². The average Bonchev–Trinajstić information content (AvgIpc) is 2.28. The monoisotopic (exact) mass is 215 g/mol. The Hall–Kier alpha value is -0.830. The standard InChI is InChI=1S/C9H16FN.C3H6O/c1-9(10)5-8-11-6-3-2-4-7-11;1-2-3-4/h5H,2-4,6-8H2,1H3;2-4H,1H3/b9-5-;3-2+. The summed E-state index contributed by atoms with van der Waals surface area (Å²) in [6.45, 7) is 6.33. The zero-order valence-electron chi connectivity index (χ0n) is 9.75. The molecule has 0 unspecified atom stereocenters. The smallest absolute Gasteiger partial charge is 0.0941 e. The van der Waals surface area contributed by atoms with Gasteiger partial charge in [0.15, 0.2) is 0 Å². The minimum Gasteiger partial charge on any atom is -0.516 e. The molecule has 0 aromatic heterocycles. The van der Waals surface area contributed by atoms with E-state index in [-0.39, 0.29) is 5.83 Å². The highest BCUT2D eigenvalue weighted by Crippen LogP contribution is 2.08. The quantitative estimate of drug-likeness (QED) is 0.713. The minimum absolute atomic E-state index is 0.0597. The van der Waals surface area contributed by atoms with Crippen molar-refractivity contribution in [2.24, 2.45) is 0 Å². The number of rotatable bonds is 2. The van der Waals surface area contributed by atoms with Gasteiger partial charge in [0.2, 0.25) is 0 Å². The Morgan fingerprint density at radius 2 is 1.87 bits per heavy atom. The molecule has 1 fully saturated rings. The second-order valence-corrected chi connectivity index (χ2v) is 3.63. The largest absolute Gasteiger partial charge is 0.516 e. The van der Waals surface area contributed by atoms with E-state index in [0.717, 1.165) is 25.9 Å². The first-order chi connectivity index (χ1) is 7.20. The maximum Gasteiger partial charge on any atom is 0.0941 e. The number of hydrogen-bond acceptors (Lipinski definition) is 2. The lowest BCUT2D eigenvalue weighted by molar-refractivity contribution is 0.250. The highest BCUT2D eigenvalue weighted by atomic mass is 19.1. The Kier molecular flexibility index (Phi) is 9.18. The molecule has 3 heteroatoms. The van der Waals surface area contributed by atoms with Crippen LogP contribution >= 0.6 is 0 Å². The van der Waals surface area contributed by atoms with Gasteiger partial charge in [-0.2, -0.15) is 0 Å². The third-order valence-electron chi connectivity index (χ3n) is 2.23. The summed E-state index contributed by atoms with van der Waals surface area (Å²) >= 11 is 0. The zero-order chi connectivity index (χ0) is 11.5. The molecule has 0 radical (unpaired) electrons. The lowest BCUT2D eigenvalue weighted by Gasteiger charge is -2.24. The topological polar surface area (TPSA) is 23.5 Å². The van der Waals surface area contributed by atoms with Crippen molar-refractivity contribution in [1.82, 2.24) is 4.90 Å². The van der Waals surface area contributed by atoms with Crippen molar-refractivity contribution in [3.8, 4) is 0 Å². The van der Waals surface area contributed by atoms with Crippen molar-refractivity contribution in [2.45, 2.75) is 33.1 Å². The summed E-state index contributed by atoms with van der Waals surface area (Å²) in [4.78, 5) is 2.30. The Labute approximate surface area is 92.1 Å². The van der Waals surface area contributed by atoms with Crippen molar-refractivity contribution < 1.29 is 9.50 Å². The van der Waals surface area contributed by atoms with Crippen LogP contribution < -0.4 is 0 Å². The molecule has 0 spiro atoms. The van der Waals surface area contributed by atoms with Crippen LogP contribution in [0.15, 0.2) is 24.2 Å². The van der Waals surface area contributed by atoms with Crippen molar-refractivity contribution >= 4 is 0 Å². The molecule has 0 amide bonds. The van der Waals surface area contributed by atoms with E-state index in [9.17, 15) is 4.39 Å². The maximum absolute atomic E-state index is 12.3. The number of halogens is 1. The van der Waals surface area contributed by atoms with Crippen LogP contribution in [0, 0.1) is 0 Å². The normalized spacial score (nSPS) is 18.7. The molecule has 0 aliphatic carbocycles. The van der Waals surface area contributed by atoms with Gasteiger partial charge in [0, 0.05) is 6.54 Å². The van der Waals surface area contributed by atoms with Gasteiger partial charge in [-0.3, -0.25) is 4.90 Å². The van der Waals surface area contributed by atoms with Gasteiger partial charge in [-0.1, -0.05) is 12.5 Å². The van der Waals surface area contributed by atoms with Crippen LogP contribution in [0.2, 0.25) is 0 Å². The second kappa shape index (κ2) is 9.71. The van der Waals surface area contributed by atoms with Gasteiger partial charge in [0.1, 0.15) is 0 Å². The number of hydrogen-bond donors (Lipinski definition) is 1. The number of aliphatic hydroxyl groups excluding tert-OH is 1. The van der Waals surface area contributed by atoms with Gasteiger partial charge >= 0.3 is 0 Å². The third-order valence-corrected chi connectivity index (χ3v) is 2.23. The fourth-order valence-corrected chi connectivity index (χ4v) is 1.40. The van der Waals surface area contributed by atoms with Crippen LogP contribution in [-0.4, -0.2) is 29.6 Å². The van der Waals surface area contributed by atoms with Gasteiger partial charge in [-0.25, -0.2) is 4.39 Å². The molecule has 1 N–H and O–H groups in total. The first kappa shape index (κ1) is 14.2. The van der Waals surface area contributed by atoms with Crippen LogP contribution in [-0.2, 0) is 0 Å². The fourth-order valence-electron chi connectivity index (χ4n) is 1.40. The fraction of sp³-hybridized carbons (Fsp3) is 0.667. The molecule has 1 aliphatic rings. The molecule has 2 nitrogen and oxygen atoms in total. The van der Waals surface area contributed by atoms with E-state index < -0.39 is 0 Å². The molecule has 0 saturated carbocycles. The van der Waals surface area contributed by atoms with Gasteiger partial charge in [0.05, 0.1) is 12.1 Å². The molecule has 1 aliphatic heterocycles. The number of likely N-dealkylation sites (tertiary alicyclic amines) is 1. The summed E-state index contributed by atoms with van der Waals surface area (Å²) in [7, 11) is 0. The molecular formula is C12H22FNO. The first-order valence-electron chi connectivity index (χ1n) is 5.50. The van der Waals surface area contributed by atoms with Gasteiger partial charge in [-0.05, 0) is 45.9 Å². The first-order valence-corrected chi connectivity index (χ1v) is 5.50. The summed E-state index contributed by atoms with van der Waals surface area (Å²) in [6, 6.07) is 0. The number of aliphatic hydroxyl groups is 1. The van der Waals surface area contributed by atoms with Gasteiger partial charge in [-0.15, -0.1) is 0 Å². The van der Waals surface area contributed by atoms with Crippen molar-refractivity contribution in [2.75, 3.05) is 19.6 Å². The number of allylic oxidation sites excluding steroid dienone is 2. The zero-order valence-corrected chi connectivity index (χ0v) is 9.75. The summed E-state index contributed by atoms with van der Waals surface area (Å²) in [5, 5.41) is 7.69. The van der Waals surface area contributed by atoms with E-state index in [4.69, 9.17) is 5.11 Å². The summed E-state index contributed by atoms with van der Waals surface area (Å²) in [5.41, 5.74) is 0. The molecule has 0 atom stereocenters. The minimum atomic E-state index is -0.0597. The van der Waals surface area contributed by atoms with Gasteiger partial charge < -0.3 is 5.11 Å². The predicted molar refractivity (Wildman–Crippen MR) is 62.6 cm³/mol. The molecular weight excluding hydrogens is 193 g/mol. The maximum atomic E-state index is 12.3. The predicted octanol–water partition coefficient (Wildman–Crippen LogP) is 3.42. The van der Waals surface area contributed by atoms with Crippen molar-refractivity contribution in [3.05, 3.63) is 24.2 Å². The second-order valence-electron chi connectivity index (χ2n) is 3.63. The third kappa shape index (κ3) is 9.47. The molecule has 0 aromatic carbocycles. The van der Waals surface area contributed by atoms with Crippen LogP contribution in [0.3, 0.4) is 0 Å². The Balaban J connectivity index is 0.000000423. The molecule has 0 bridgehead atoms. The molecule has 15 heavy (non-hydrogen) atoms. The van der Waals surface area contributed by atoms with E-state index >= 15 is 0 Å². The lowest BCUT2D eigenvalue weighted by atomic mass is 10.1. The van der Waals surface area contributed by atoms with Crippen molar-refractivity contribution in [3.63, 3.8) is 0 Å². The Morgan fingerprint density at radius 3 is 2.27 bits per heavy atom. The lowest BCUT2D eigenvalue weighted by Crippen LogP contribution is -2.29. The highest BCUT2D eigenvalue weighted by Gasteiger charge is 2.07. The Morgan fingerprint density at radius 1 is 1.33 bits per heavy atom. The van der Waals surface area contributed by atoms with E-state index in [1.807, 2.05) is 0 Å². The van der Waals surface area contributed by atoms with E-state index in [1.54, 1.807) is 19.1 Å². The van der Waals surface area contributed by atoms with E-state index in [0.29, 0.717) is 0 Å². The molecule has 0 aromatic rings. The summed E-state index contributed by atoms with van der Waals surface area (Å²) in [5.74, 6) is -0.0597. The summed E-state index contributed by atoms with van der Waals surface area (Å²) in [6.07, 6.45) is 8.11. The summed E-state index contributed by atoms with van der Waals surface area (Å²) < 4.78 is 12.3. The van der Waals surface area contributed by atoms with E-state index in [2.05, 4.69) is 4.90 Å². The average molecular weight is 215 g/mol. The number of nitrogens with zero attached hydrogens (tertiary/aromatic N) is 1. The number of piperidine rings is 1. The molecule has 1 rings (SSSR count). The SMILES string of the molecule is C/C(F)=C/CN1CCCCC1.C/C=C/O. The highest BCUT2D eigenvalue weighted by molar-refractivity contribution is 4.89. The molecule has 1 saturated heterocycles. The van der Waals surface area contributed by atoms with Crippen LogP contribution in [0.5, 0.6) is 0 Å². The van der Waals surface area contributed by atoms with Crippen LogP contribution in [0.25, 0.3) is 0 Å². The molecule has 88 valence electrons. The Bertz CT molecular complexity index is 188. The van der Waals surface area contributed by atoms with Crippen LogP contribution in [0.4, 0.5) is 4.39 Å². The van der Waals surface area contributed by atoms with Crippen molar-refractivity contribution in [1.29, 1.82) is 0 Å².